The van der Waals surface area contributed by atoms with E-state index in [-0.39, 0.29) is 24.3 Å². The van der Waals surface area contributed by atoms with Gasteiger partial charge in [0.2, 0.25) is 11.8 Å². The Balaban J connectivity index is 1.53. The van der Waals surface area contributed by atoms with Crippen LogP contribution in [0.3, 0.4) is 0 Å². The molecule has 0 spiro atoms. The van der Waals surface area contributed by atoms with Crippen LogP contribution in [0.1, 0.15) is 85.1 Å². The molecule has 4 rings (SSSR count). The molecule has 47 heavy (non-hydrogen) atoms. The van der Waals surface area contributed by atoms with Crippen molar-refractivity contribution in [2.75, 3.05) is 13.1 Å². The number of nitrogens with two attached hydrogens (primary N) is 1. The SMILES string of the molecule is CCC/C=C/C(=C\C(NC(=O)\C1=C(C)/C=N\C(c2cnn(CCC(N)=O)c2)=C/C(CC)N=C1)=C(C)C)NC(=O)CN1CC2CCC1C2. The summed E-state index contributed by atoms with van der Waals surface area (Å²) in [5.74, 6) is -0.0375. The lowest BCUT2D eigenvalue weighted by Crippen LogP contribution is -2.40. The Bertz CT molecular complexity index is 1540. The third kappa shape index (κ3) is 10.3. The molecule has 11 nitrogen and oxygen atoms in total. The summed E-state index contributed by atoms with van der Waals surface area (Å²) >= 11 is 0. The van der Waals surface area contributed by atoms with E-state index in [0.29, 0.717) is 53.8 Å². The number of unbranched alkanes of at least 4 members (excludes halogenated alkanes) is 1. The highest BCUT2D eigenvalue weighted by Crippen LogP contribution is 2.37. The molecule has 2 fully saturated rings. The first-order chi connectivity index (χ1) is 22.6. The molecule has 2 bridgehead atoms. The van der Waals surface area contributed by atoms with E-state index in [0.717, 1.165) is 36.4 Å². The van der Waals surface area contributed by atoms with E-state index in [1.54, 1.807) is 23.3 Å². The van der Waals surface area contributed by atoms with Gasteiger partial charge in [0.1, 0.15) is 0 Å². The Morgan fingerprint density at radius 3 is 2.60 bits per heavy atom. The van der Waals surface area contributed by atoms with Crippen LogP contribution in [0.5, 0.6) is 0 Å². The van der Waals surface area contributed by atoms with Gasteiger partial charge in [-0.3, -0.25) is 34.0 Å². The monoisotopic (exact) mass is 642 g/mol. The summed E-state index contributed by atoms with van der Waals surface area (Å²) in [6, 6.07) is 0.296. The van der Waals surface area contributed by atoms with Crippen LogP contribution < -0.4 is 16.4 Å². The lowest BCUT2D eigenvalue weighted by Gasteiger charge is -2.26. The van der Waals surface area contributed by atoms with E-state index < -0.39 is 5.91 Å². The van der Waals surface area contributed by atoms with Gasteiger partial charge in [-0.2, -0.15) is 5.10 Å². The largest absolute Gasteiger partial charge is 0.370 e. The Kier molecular flexibility index (Phi) is 12.8. The Hall–Kier alpha value is -4.38. The van der Waals surface area contributed by atoms with Gasteiger partial charge in [0, 0.05) is 61.1 Å². The van der Waals surface area contributed by atoms with Gasteiger partial charge in [-0.05, 0) is 82.6 Å². The summed E-state index contributed by atoms with van der Waals surface area (Å²) in [5.41, 5.74) is 9.90. The number of aryl methyl sites for hydroxylation is 1. The van der Waals surface area contributed by atoms with Crippen molar-refractivity contribution in [3.8, 4) is 0 Å². The van der Waals surface area contributed by atoms with Crippen molar-refractivity contribution < 1.29 is 14.4 Å². The minimum atomic E-state index is -0.390. The Morgan fingerprint density at radius 1 is 1.13 bits per heavy atom. The first kappa shape index (κ1) is 35.5. The summed E-state index contributed by atoms with van der Waals surface area (Å²) in [6.07, 6.45) is 20.9. The molecule has 1 aromatic rings. The number of carbonyl (C=O) groups is 3. The normalized spacial score (nSPS) is 24.7. The van der Waals surface area contributed by atoms with Crippen LogP contribution in [0.25, 0.3) is 5.70 Å². The fraction of sp³-hybridized carbons (Fsp3) is 0.500. The average molecular weight is 643 g/mol. The highest BCUT2D eigenvalue weighted by molar-refractivity contribution is 6.17. The maximum Gasteiger partial charge on any atom is 0.257 e. The first-order valence-corrected chi connectivity index (χ1v) is 16.8. The molecule has 0 radical (unpaired) electrons. The second-order valence-corrected chi connectivity index (χ2v) is 12.8. The third-order valence-corrected chi connectivity index (χ3v) is 8.74. The lowest BCUT2D eigenvalue weighted by molar-refractivity contribution is -0.122. The third-order valence-electron chi connectivity index (χ3n) is 8.74. The van der Waals surface area contributed by atoms with E-state index in [2.05, 4.69) is 27.6 Å². The molecule has 4 N–H and O–H groups in total. The zero-order valence-corrected chi connectivity index (χ0v) is 28.5. The highest BCUT2D eigenvalue weighted by atomic mass is 16.2. The number of nitrogens with zero attached hydrogens (tertiary/aromatic N) is 5. The molecule has 0 aromatic carbocycles. The van der Waals surface area contributed by atoms with Gasteiger partial charge in [-0.15, -0.1) is 0 Å². The molecule has 1 aromatic heterocycles. The number of amides is 3. The molecular weight excluding hydrogens is 592 g/mol. The summed E-state index contributed by atoms with van der Waals surface area (Å²) in [4.78, 5) is 49.9. The number of fused-ring (bicyclic) bond motifs is 2. The fourth-order valence-corrected chi connectivity index (χ4v) is 6.01. The summed E-state index contributed by atoms with van der Waals surface area (Å²) in [7, 11) is 0. The molecule has 1 saturated carbocycles. The van der Waals surface area contributed by atoms with Crippen LogP contribution in [0.4, 0.5) is 0 Å². The van der Waals surface area contributed by atoms with Gasteiger partial charge < -0.3 is 16.4 Å². The fourth-order valence-electron chi connectivity index (χ4n) is 6.01. The average Bonchev–Trinajstić information content (AvgIpc) is 3.79. The van der Waals surface area contributed by atoms with Gasteiger partial charge in [-0.25, -0.2) is 0 Å². The summed E-state index contributed by atoms with van der Waals surface area (Å²) in [5, 5.41) is 10.5. The van der Waals surface area contributed by atoms with E-state index in [1.807, 2.05) is 58.2 Å². The van der Waals surface area contributed by atoms with E-state index >= 15 is 0 Å². The number of hydrogen-bond donors (Lipinski definition) is 3. The number of likely N-dealkylation sites (tertiary alicyclic amines) is 1. The topological polar surface area (TPSA) is 147 Å². The molecule has 3 amide bonds. The van der Waals surface area contributed by atoms with Crippen LogP contribution in [0.15, 0.2) is 74.8 Å². The predicted octanol–water partition coefficient (Wildman–Crippen LogP) is 4.60. The molecule has 3 atom stereocenters. The van der Waals surface area contributed by atoms with Crippen molar-refractivity contribution in [3.05, 3.63) is 70.4 Å². The molecule has 11 heteroatoms. The standard InChI is InChI=1S/C36H50N8O3/c1-6-8-9-10-29(41-35(46)23-43-21-26-11-12-30(43)15-26)17-32(24(3)4)42-36(47)31-20-38-28(7-2)16-33(39-18-25(31)5)27-19-40-44(22-27)14-13-34(37)45/h9-10,16-20,22,26,28,30H,6-8,11-15,21,23H2,1-5H3,(H2,37,45)(H,41,46)(H,42,47)/b10-9+,29-17+,31-25-,33-16-,38-20?,39-18-. The zero-order valence-electron chi connectivity index (χ0n) is 28.5. The van der Waals surface area contributed by atoms with Crippen molar-refractivity contribution in [3.63, 3.8) is 0 Å². The van der Waals surface area contributed by atoms with Crippen molar-refractivity contribution in [1.29, 1.82) is 0 Å². The van der Waals surface area contributed by atoms with Crippen LogP contribution in [-0.2, 0) is 20.9 Å². The van der Waals surface area contributed by atoms with Gasteiger partial charge >= 0.3 is 0 Å². The Morgan fingerprint density at radius 2 is 1.94 bits per heavy atom. The highest BCUT2D eigenvalue weighted by Gasteiger charge is 2.38. The van der Waals surface area contributed by atoms with Crippen LogP contribution in [-0.4, -0.2) is 70.0 Å². The van der Waals surface area contributed by atoms with Crippen molar-refractivity contribution in [1.82, 2.24) is 25.3 Å². The molecule has 3 heterocycles. The second-order valence-electron chi connectivity index (χ2n) is 12.8. The van der Waals surface area contributed by atoms with E-state index in [9.17, 15) is 14.4 Å². The minimum Gasteiger partial charge on any atom is -0.370 e. The van der Waals surface area contributed by atoms with Crippen molar-refractivity contribution in [2.45, 2.75) is 98.2 Å². The van der Waals surface area contributed by atoms with Crippen LogP contribution >= 0.6 is 0 Å². The quantitative estimate of drug-likeness (QED) is 0.254. The number of nitrogens with one attached hydrogen (secondary N) is 2. The molecule has 1 aliphatic carbocycles. The predicted molar refractivity (Wildman–Crippen MR) is 187 cm³/mol. The lowest BCUT2D eigenvalue weighted by atomic mass is 10.1. The van der Waals surface area contributed by atoms with Gasteiger partial charge in [0.15, 0.2) is 0 Å². The van der Waals surface area contributed by atoms with Crippen LogP contribution in [0, 0.1) is 5.92 Å². The van der Waals surface area contributed by atoms with E-state index in [1.165, 1.54) is 19.3 Å². The molecule has 3 aliphatic rings. The van der Waals surface area contributed by atoms with Gasteiger partial charge in [-0.1, -0.05) is 31.9 Å². The summed E-state index contributed by atoms with van der Waals surface area (Å²) < 4.78 is 1.66. The first-order valence-electron chi connectivity index (χ1n) is 16.8. The van der Waals surface area contributed by atoms with E-state index in [4.69, 9.17) is 15.7 Å². The molecule has 252 valence electrons. The number of hydrogen-bond acceptors (Lipinski definition) is 7. The second kappa shape index (κ2) is 17.0. The number of allylic oxidation sites excluding steroid dienone is 5. The summed E-state index contributed by atoms with van der Waals surface area (Å²) in [6.45, 7) is 11.6. The van der Waals surface area contributed by atoms with Crippen LogP contribution in [0.2, 0.25) is 0 Å². The minimum absolute atomic E-state index is 0.0464. The number of aromatic nitrogens is 2. The maximum atomic E-state index is 13.8. The number of carbonyl (C=O) groups excluding carboxylic acids is 3. The number of primary amides is 1. The van der Waals surface area contributed by atoms with Crippen molar-refractivity contribution >= 4 is 35.8 Å². The molecule has 1 saturated heterocycles. The number of aliphatic imine (C=N–C) groups is 2. The number of rotatable bonds is 14. The Labute approximate surface area is 278 Å². The molecule has 3 unspecified atom stereocenters. The zero-order chi connectivity index (χ0) is 33.9. The number of piperidine rings is 1. The van der Waals surface area contributed by atoms with Gasteiger partial charge in [0.25, 0.3) is 5.91 Å². The molecule has 2 aliphatic heterocycles. The smallest absolute Gasteiger partial charge is 0.257 e. The maximum absolute atomic E-state index is 13.8. The van der Waals surface area contributed by atoms with Crippen molar-refractivity contribution in [2.24, 2.45) is 21.6 Å². The van der Waals surface area contributed by atoms with Gasteiger partial charge in [0.05, 0.1) is 30.1 Å². The molecular formula is C36H50N8O3.